The summed E-state index contributed by atoms with van der Waals surface area (Å²) >= 11 is 0. The number of anilines is 1. The van der Waals surface area contributed by atoms with E-state index in [4.69, 9.17) is 9.47 Å². The van der Waals surface area contributed by atoms with Crippen molar-refractivity contribution in [2.45, 2.75) is 13.0 Å². The van der Waals surface area contributed by atoms with Gasteiger partial charge in [-0.15, -0.1) is 0 Å². The highest BCUT2D eigenvalue weighted by Gasteiger charge is 2.38. The first-order valence-corrected chi connectivity index (χ1v) is 6.73. The largest absolute Gasteiger partial charge is 0.493 e. The van der Waals surface area contributed by atoms with Gasteiger partial charge in [0.1, 0.15) is 5.70 Å². The van der Waals surface area contributed by atoms with Crippen molar-refractivity contribution < 1.29 is 14.3 Å². The van der Waals surface area contributed by atoms with Gasteiger partial charge in [-0.1, -0.05) is 0 Å². The summed E-state index contributed by atoms with van der Waals surface area (Å²) in [7, 11) is 3.16. The van der Waals surface area contributed by atoms with Crippen molar-refractivity contribution in [1.29, 1.82) is 0 Å². The fourth-order valence-electron chi connectivity index (χ4n) is 2.70. The molecule has 6 nitrogen and oxygen atoms in total. The number of carbonyl (C=O) groups excluding carboxylic acids is 1. The first-order chi connectivity index (χ1) is 10.2. The van der Waals surface area contributed by atoms with Crippen LogP contribution in [0.1, 0.15) is 6.92 Å². The minimum atomic E-state index is -0.104. The molecule has 6 heteroatoms. The number of rotatable bonds is 3. The normalized spacial score (nSPS) is 20.4. The minimum absolute atomic E-state index is 0.0805. The van der Waals surface area contributed by atoms with Crippen LogP contribution >= 0.6 is 0 Å². The molecule has 1 atom stereocenters. The molecule has 0 fully saturated rings. The Bertz CT molecular complexity index is 652. The molecule has 110 valence electrons. The predicted molar refractivity (Wildman–Crippen MR) is 80.0 cm³/mol. The number of aliphatic imine (C=N–C) groups is 1. The van der Waals surface area contributed by atoms with Crippen LogP contribution in [0.4, 0.5) is 5.69 Å². The van der Waals surface area contributed by atoms with Gasteiger partial charge in [0.15, 0.2) is 11.5 Å². The fourth-order valence-corrected chi connectivity index (χ4v) is 2.70. The van der Waals surface area contributed by atoms with E-state index in [0.717, 1.165) is 11.4 Å². The van der Waals surface area contributed by atoms with Crippen molar-refractivity contribution in [3.05, 3.63) is 29.6 Å². The summed E-state index contributed by atoms with van der Waals surface area (Å²) in [6.45, 7) is 2.63. The molecule has 0 aromatic heterocycles. The zero-order valence-electron chi connectivity index (χ0n) is 12.2. The van der Waals surface area contributed by atoms with E-state index < -0.39 is 0 Å². The Morgan fingerprint density at radius 1 is 1.29 bits per heavy atom. The van der Waals surface area contributed by atoms with Gasteiger partial charge in [-0.3, -0.25) is 14.7 Å². The minimum Gasteiger partial charge on any atom is -0.493 e. The second-order valence-electron chi connectivity index (χ2n) is 4.85. The summed E-state index contributed by atoms with van der Waals surface area (Å²) in [4.78, 5) is 18.5. The number of nitrogens with one attached hydrogen (secondary N) is 1. The number of methoxy groups -OCH3 is 2. The lowest BCUT2D eigenvalue weighted by Crippen LogP contribution is -2.35. The summed E-state index contributed by atoms with van der Waals surface area (Å²) < 4.78 is 10.5. The van der Waals surface area contributed by atoms with Crippen molar-refractivity contribution >= 4 is 17.8 Å². The number of benzene rings is 1. The number of hydrogen-bond donors (Lipinski definition) is 1. The monoisotopic (exact) mass is 287 g/mol. The van der Waals surface area contributed by atoms with Gasteiger partial charge in [-0.05, 0) is 19.1 Å². The van der Waals surface area contributed by atoms with Crippen LogP contribution in [-0.4, -0.2) is 38.9 Å². The lowest BCUT2D eigenvalue weighted by molar-refractivity contribution is -0.114. The molecular formula is C15H17N3O3. The zero-order chi connectivity index (χ0) is 15.0. The van der Waals surface area contributed by atoms with Crippen LogP contribution in [0.5, 0.6) is 11.5 Å². The predicted octanol–water partition coefficient (Wildman–Crippen LogP) is 1.32. The van der Waals surface area contributed by atoms with E-state index >= 15 is 0 Å². The molecule has 0 saturated carbocycles. The maximum atomic E-state index is 12.5. The van der Waals surface area contributed by atoms with E-state index in [9.17, 15) is 4.79 Å². The van der Waals surface area contributed by atoms with E-state index in [1.807, 2.05) is 13.0 Å². The van der Waals surface area contributed by atoms with Crippen LogP contribution in [0.2, 0.25) is 0 Å². The number of nitrogens with zero attached hydrogens (tertiary/aromatic N) is 2. The third-order valence-electron chi connectivity index (χ3n) is 3.73. The highest BCUT2D eigenvalue weighted by atomic mass is 16.5. The molecule has 21 heavy (non-hydrogen) atoms. The van der Waals surface area contributed by atoms with Crippen LogP contribution in [-0.2, 0) is 4.79 Å². The molecule has 3 rings (SSSR count). The average molecular weight is 287 g/mol. The molecule has 1 N–H and O–H groups in total. The van der Waals surface area contributed by atoms with Gasteiger partial charge in [0, 0.05) is 18.0 Å². The average Bonchev–Trinajstić information content (AvgIpc) is 2.78. The quantitative estimate of drug-likeness (QED) is 0.911. The van der Waals surface area contributed by atoms with Gasteiger partial charge in [-0.25, -0.2) is 0 Å². The highest BCUT2D eigenvalue weighted by Crippen LogP contribution is 2.36. The Kier molecular flexibility index (Phi) is 3.29. The Hall–Kier alpha value is -2.50. The van der Waals surface area contributed by atoms with Gasteiger partial charge in [0.25, 0.3) is 5.91 Å². The maximum absolute atomic E-state index is 12.5. The Morgan fingerprint density at radius 3 is 2.71 bits per heavy atom. The van der Waals surface area contributed by atoms with Gasteiger partial charge in [0.2, 0.25) is 0 Å². The molecule has 1 unspecified atom stereocenters. The number of carbonyl (C=O) groups is 1. The van der Waals surface area contributed by atoms with Crippen molar-refractivity contribution in [1.82, 2.24) is 5.32 Å². The van der Waals surface area contributed by atoms with E-state index in [-0.39, 0.29) is 11.9 Å². The molecule has 1 aromatic carbocycles. The smallest absolute Gasteiger partial charge is 0.279 e. The van der Waals surface area contributed by atoms with E-state index in [1.165, 1.54) is 0 Å². The first-order valence-electron chi connectivity index (χ1n) is 6.73. The van der Waals surface area contributed by atoms with Crippen LogP contribution in [0.3, 0.4) is 0 Å². The Morgan fingerprint density at radius 2 is 2.05 bits per heavy atom. The first kappa shape index (κ1) is 13.5. The fraction of sp³-hybridized carbons (Fsp3) is 0.333. The SMILES string of the molecule is COc1ccc(N2C(=O)C3=C(NCC=N3)C2C)cc1OC. The molecule has 1 aromatic rings. The molecule has 2 aliphatic heterocycles. The number of ether oxygens (including phenoxy) is 2. The maximum Gasteiger partial charge on any atom is 0.279 e. The number of amides is 1. The molecule has 2 heterocycles. The Labute approximate surface area is 123 Å². The molecule has 0 radical (unpaired) electrons. The summed E-state index contributed by atoms with van der Waals surface area (Å²) in [5, 5.41) is 3.22. The van der Waals surface area contributed by atoms with Crippen molar-refractivity contribution in [2.75, 3.05) is 25.7 Å². The van der Waals surface area contributed by atoms with Crippen LogP contribution in [0, 0.1) is 0 Å². The summed E-state index contributed by atoms with van der Waals surface area (Å²) in [6.07, 6.45) is 1.71. The summed E-state index contributed by atoms with van der Waals surface area (Å²) in [6, 6.07) is 5.36. The third kappa shape index (κ3) is 2.03. The molecule has 0 bridgehead atoms. The van der Waals surface area contributed by atoms with Gasteiger partial charge >= 0.3 is 0 Å². The van der Waals surface area contributed by atoms with Crippen LogP contribution in [0.25, 0.3) is 0 Å². The van der Waals surface area contributed by atoms with Crippen LogP contribution < -0.4 is 19.7 Å². The lowest BCUT2D eigenvalue weighted by atomic mass is 10.2. The summed E-state index contributed by atoms with van der Waals surface area (Å²) in [5.41, 5.74) is 2.12. The van der Waals surface area contributed by atoms with E-state index in [2.05, 4.69) is 10.3 Å². The number of hydrogen-bond acceptors (Lipinski definition) is 5. The standard InChI is InChI=1S/C15H17N3O3/c1-9-13-14(17-7-6-16-13)15(19)18(9)10-4-5-11(20-2)12(8-10)21-3/h4-5,7-9,16H,6H2,1-3H3. The molecule has 0 spiro atoms. The summed E-state index contributed by atoms with van der Waals surface area (Å²) in [5.74, 6) is 1.12. The van der Waals surface area contributed by atoms with Crippen molar-refractivity contribution in [2.24, 2.45) is 4.99 Å². The topological polar surface area (TPSA) is 63.2 Å². The lowest BCUT2D eigenvalue weighted by Gasteiger charge is -2.24. The third-order valence-corrected chi connectivity index (χ3v) is 3.73. The van der Waals surface area contributed by atoms with Gasteiger partial charge < -0.3 is 14.8 Å². The second-order valence-corrected chi connectivity index (χ2v) is 4.85. The highest BCUT2D eigenvalue weighted by molar-refractivity contribution is 6.11. The van der Waals surface area contributed by atoms with Gasteiger partial charge in [0.05, 0.1) is 32.5 Å². The zero-order valence-corrected chi connectivity index (χ0v) is 12.2. The van der Waals surface area contributed by atoms with E-state index in [1.54, 1.807) is 37.5 Å². The molecule has 1 amide bonds. The van der Waals surface area contributed by atoms with Crippen molar-refractivity contribution in [3.63, 3.8) is 0 Å². The van der Waals surface area contributed by atoms with Gasteiger partial charge in [-0.2, -0.15) is 0 Å². The van der Waals surface area contributed by atoms with Crippen molar-refractivity contribution in [3.8, 4) is 11.5 Å². The van der Waals surface area contributed by atoms with E-state index in [0.29, 0.717) is 23.7 Å². The molecule has 0 saturated heterocycles. The molecule has 2 aliphatic rings. The second kappa shape index (κ2) is 5.12. The van der Waals surface area contributed by atoms with Crippen LogP contribution in [0.15, 0.2) is 34.6 Å². The Balaban J connectivity index is 1.99. The molecular weight excluding hydrogens is 270 g/mol. The molecule has 0 aliphatic carbocycles.